The summed E-state index contributed by atoms with van der Waals surface area (Å²) in [7, 11) is 4.03. The summed E-state index contributed by atoms with van der Waals surface area (Å²) in [4.78, 5) is 16.2. The average molecular weight is 309 g/mol. The van der Waals surface area contributed by atoms with Crippen LogP contribution in [0.1, 0.15) is 19.8 Å². The molecule has 2 atom stereocenters. The second kappa shape index (κ2) is 7.60. The number of carbonyl (C=O) groups excluding carboxylic acids is 1. The van der Waals surface area contributed by atoms with Crippen LogP contribution in [0.25, 0.3) is 0 Å². The summed E-state index contributed by atoms with van der Waals surface area (Å²) >= 11 is 0. The number of likely N-dealkylation sites (tertiary alicyclic amines) is 1. The van der Waals surface area contributed by atoms with Gasteiger partial charge >= 0.3 is 6.03 Å². The van der Waals surface area contributed by atoms with Gasteiger partial charge in [-0.25, -0.2) is 4.79 Å². The van der Waals surface area contributed by atoms with Crippen LogP contribution in [0.4, 0.5) is 10.5 Å². The van der Waals surface area contributed by atoms with Crippen LogP contribution < -0.4 is 5.32 Å². The molecule has 2 unspecified atom stereocenters. The van der Waals surface area contributed by atoms with Gasteiger partial charge in [0.2, 0.25) is 0 Å². The monoisotopic (exact) mass is 309 g/mol. The zero-order valence-corrected chi connectivity index (χ0v) is 13.7. The van der Waals surface area contributed by atoms with Gasteiger partial charge in [-0.1, -0.05) is 0 Å². The number of hydrogen-bond acceptors (Lipinski definition) is 4. The molecular formula is C15H27N5O2. The van der Waals surface area contributed by atoms with Crippen LogP contribution >= 0.6 is 0 Å². The average Bonchev–Trinajstić information content (AvgIpc) is 2.92. The minimum Gasteiger partial charge on any atom is -0.393 e. The Hall–Kier alpha value is -1.60. The van der Waals surface area contributed by atoms with Crippen molar-refractivity contribution in [3.63, 3.8) is 0 Å². The number of aromatic nitrogens is 2. The van der Waals surface area contributed by atoms with E-state index in [1.165, 1.54) is 0 Å². The summed E-state index contributed by atoms with van der Waals surface area (Å²) in [5.74, 6) is 0.169. The molecule has 2 N–H and O–H groups in total. The Morgan fingerprint density at radius 3 is 3.05 bits per heavy atom. The Kier molecular flexibility index (Phi) is 5.79. The first kappa shape index (κ1) is 16.8. The Bertz CT molecular complexity index is 486. The lowest BCUT2D eigenvalue weighted by Gasteiger charge is -2.33. The maximum absolute atomic E-state index is 12.3. The number of nitrogens with zero attached hydrogens (tertiary/aromatic N) is 4. The van der Waals surface area contributed by atoms with Crippen molar-refractivity contribution in [2.45, 2.75) is 32.4 Å². The minimum atomic E-state index is -0.371. The van der Waals surface area contributed by atoms with Crippen LogP contribution in [0.5, 0.6) is 0 Å². The van der Waals surface area contributed by atoms with Crippen LogP contribution in [0.2, 0.25) is 0 Å². The molecule has 22 heavy (non-hydrogen) atoms. The topological polar surface area (TPSA) is 73.6 Å². The van der Waals surface area contributed by atoms with Gasteiger partial charge in [-0.15, -0.1) is 0 Å². The maximum atomic E-state index is 12.3. The van der Waals surface area contributed by atoms with Gasteiger partial charge in [-0.2, -0.15) is 5.10 Å². The van der Waals surface area contributed by atoms with Crippen LogP contribution in [-0.2, 0) is 6.54 Å². The first-order valence-corrected chi connectivity index (χ1v) is 7.87. The fraction of sp³-hybridized carbons (Fsp3) is 0.733. The van der Waals surface area contributed by atoms with E-state index in [9.17, 15) is 9.90 Å². The molecule has 0 spiro atoms. The number of aliphatic hydroxyl groups excluding tert-OH is 1. The quantitative estimate of drug-likeness (QED) is 0.853. The van der Waals surface area contributed by atoms with Gasteiger partial charge in [0.05, 0.1) is 24.5 Å². The Balaban J connectivity index is 1.86. The molecule has 1 aliphatic heterocycles. The molecule has 124 valence electrons. The number of hydrogen-bond donors (Lipinski definition) is 2. The summed E-state index contributed by atoms with van der Waals surface area (Å²) in [6.07, 6.45) is 5.06. The van der Waals surface area contributed by atoms with Crippen molar-refractivity contribution in [3.05, 3.63) is 12.4 Å². The van der Waals surface area contributed by atoms with Crippen molar-refractivity contribution in [1.82, 2.24) is 19.6 Å². The first-order valence-electron chi connectivity index (χ1n) is 7.87. The summed E-state index contributed by atoms with van der Waals surface area (Å²) in [6, 6.07) is -0.113. The highest BCUT2D eigenvalue weighted by molar-refractivity contribution is 5.89. The van der Waals surface area contributed by atoms with Crippen LogP contribution in [0, 0.1) is 5.92 Å². The largest absolute Gasteiger partial charge is 0.393 e. The molecule has 0 saturated carbocycles. The van der Waals surface area contributed by atoms with E-state index in [0.717, 1.165) is 32.5 Å². The molecule has 1 fully saturated rings. The first-order chi connectivity index (χ1) is 10.5. The number of likely N-dealkylation sites (N-methyl/N-ethyl adjacent to an activating group) is 1. The van der Waals surface area contributed by atoms with Gasteiger partial charge in [0.15, 0.2) is 0 Å². The van der Waals surface area contributed by atoms with E-state index in [0.29, 0.717) is 12.2 Å². The predicted molar refractivity (Wildman–Crippen MR) is 85.8 cm³/mol. The van der Waals surface area contributed by atoms with Crippen molar-refractivity contribution >= 4 is 11.7 Å². The standard InChI is InChI=1S/C15H27N5O2/c1-12(21)13-5-4-6-19(10-13)15(22)17-14-9-16-20(11-14)8-7-18(2)3/h9,11-13,21H,4-8,10H2,1-3H3,(H,17,22). The third kappa shape index (κ3) is 4.71. The molecule has 0 aromatic carbocycles. The minimum absolute atomic E-state index is 0.113. The number of urea groups is 1. The lowest BCUT2D eigenvalue weighted by Crippen LogP contribution is -2.44. The fourth-order valence-corrected chi connectivity index (χ4v) is 2.64. The van der Waals surface area contributed by atoms with Crippen LogP contribution in [0.3, 0.4) is 0 Å². The van der Waals surface area contributed by atoms with E-state index >= 15 is 0 Å². The molecule has 1 aromatic heterocycles. The zero-order valence-electron chi connectivity index (χ0n) is 13.7. The second-order valence-corrected chi connectivity index (χ2v) is 6.31. The molecule has 1 aromatic rings. The number of piperidine rings is 1. The molecular weight excluding hydrogens is 282 g/mol. The van der Waals surface area contributed by atoms with Crippen molar-refractivity contribution in [1.29, 1.82) is 0 Å². The number of carbonyl (C=O) groups is 1. The number of aliphatic hydroxyl groups is 1. The van der Waals surface area contributed by atoms with E-state index in [-0.39, 0.29) is 18.1 Å². The van der Waals surface area contributed by atoms with Crippen molar-refractivity contribution in [2.75, 3.05) is 39.0 Å². The van der Waals surface area contributed by atoms with E-state index in [4.69, 9.17) is 0 Å². The van der Waals surface area contributed by atoms with Gasteiger partial charge in [0.25, 0.3) is 0 Å². The zero-order chi connectivity index (χ0) is 16.1. The normalized spacial score (nSPS) is 20.2. The smallest absolute Gasteiger partial charge is 0.321 e. The molecule has 0 radical (unpaired) electrons. The molecule has 2 heterocycles. The molecule has 7 heteroatoms. The van der Waals surface area contributed by atoms with Crippen molar-refractivity contribution in [2.24, 2.45) is 5.92 Å². The maximum Gasteiger partial charge on any atom is 0.321 e. The number of amides is 2. The summed E-state index contributed by atoms with van der Waals surface area (Å²) in [6.45, 7) is 4.83. The van der Waals surface area contributed by atoms with Crippen molar-refractivity contribution in [3.8, 4) is 0 Å². The lowest BCUT2D eigenvalue weighted by atomic mass is 9.94. The Labute approximate surface area is 131 Å². The van der Waals surface area contributed by atoms with Crippen LogP contribution in [0.15, 0.2) is 12.4 Å². The van der Waals surface area contributed by atoms with E-state index in [2.05, 4.69) is 15.3 Å². The molecule has 2 amide bonds. The van der Waals surface area contributed by atoms with E-state index in [1.807, 2.05) is 25.0 Å². The van der Waals surface area contributed by atoms with Crippen molar-refractivity contribution < 1.29 is 9.90 Å². The van der Waals surface area contributed by atoms with Gasteiger partial charge in [-0.3, -0.25) is 4.68 Å². The molecule has 0 bridgehead atoms. The number of anilines is 1. The Morgan fingerprint density at radius 1 is 1.59 bits per heavy atom. The van der Waals surface area contributed by atoms with Gasteiger partial charge in [0.1, 0.15) is 0 Å². The van der Waals surface area contributed by atoms with E-state index in [1.54, 1.807) is 18.0 Å². The van der Waals surface area contributed by atoms with Gasteiger partial charge in [-0.05, 0) is 33.9 Å². The number of rotatable bonds is 5. The Morgan fingerprint density at radius 2 is 2.36 bits per heavy atom. The fourth-order valence-electron chi connectivity index (χ4n) is 2.64. The molecule has 7 nitrogen and oxygen atoms in total. The third-order valence-corrected chi connectivity index (χ3v) is 4.09. The highest BCUT2D eigenvalue weighted by atomic mass is 16.3. The van der Waals surface area contributed by atoms with Gasteiger partial charge < -0.3 is 20.2 Å². The predicted octanol–water partition coefficient (Wildman–Crippen LogP) is 1.07. The van der Waals surface area contributed by atoms with Crippen LogP contribution in [-0.4, -0.2) is 70.6 Å². The molecule has 2 rings (SSSR count). The van der Waals surface area contributed by atoms with E-state index < -0.39 is 0 Å². The molecule has 0 aliphatic carbocycles. The van der Waals surface area contributed by atoms with Gasteiger partial charge in [0, 0.05) is 31.7 Å². The summed E-state index contributed by atoms with van der Waals surface area (Å²) in [5, 5.41) is 16.8. The summed E-state index contributed by atoms with van der Waals surface area (Å²) < 4.78 is 1.82. The second-order valence-electron chi connectivity index (χ2n) is 6.31. The highest BCUT2D eigenvalue weighted by Crippen LogP contribution is 2.20. The molecule has 1 saturated heterocycles. The SMILES string of the molecule is CC(O)C1CCCN(C(=O)Nc2cnn(CCN(C)C)c2)C1. The molecule has 1 aliphatic rings. The third-order valence-electron chi connectivity index (χ3n) is 4.09. The number of nitrogens with one attached hydrogen (secondary N) is 1. The summed E-state index contributed by atoms with van der Waals surface area (Å²) in [5.41, 5.74) is 0.711. The highest BCUT2D eigenvalue weighted by Gasteiger charge is 2.26. The lowest BCUT2D eigenvalue weighted by molar-refractivity contribution is 0.0766.